The van der Waals surface area contributed by atoms with Gasteiger partial charge in [-0.1, -0.05) is 51.1 Å². The SMILES string of the molecule is CC1=CC2C(O)(CC(CO)=CC3C4C(C)(C)C4(C(=O)Oc4ccccc4)CC(C)C32O)C1=O. The van der Waals surface area contributed by atoms with Crippen molar-refractivity contribution in [3.8, 4) is 5.75 Å². The Balaban J connectivity index is 1.61. The first-order chi connectivity index (χ1) is 15.4. The Morgan fingerprint density at radius 2 is 1.82 bits per heavy atom. The van der Waals surface area contributed by atoms with E-state index >= 15 is 0 Å². The van der Waals surface area contributed by atoms with Crippen molar-refractivity contribution in [3.63, 3.8) is 0 Å². The van der Waals surface area contributed by atoms with Crippen LogP contribution in [0.1, 0.15) is 40.5 Å². The number of carbonyl (C=O) groups excluding carboxylic acids is 2. The van der Waals surface area contributed by atoms with E-state index < -0.39 is 45.6 Å². The van der Waals surface area contributed by atoms with E-state index in [0.29, 0.717) is 23.3 Å². The summed E-state index contributed by atoms with van der Waals surface area (Å²) in [5, 5.41) is 33.9. The summed E-state index contributed by atoms with van der Waals surface area (Å²) in [6.45, 7) is 7.27. The van der Waals surface area contributed by atoms with E-state index in [-0.39, 0.29) is 24.9 Å². The Labute approximate surface area is 194 Å². The number of rotatable bonds is 3. The fraction of sp³-hybridized carbons (Fsp3) is 0.556. The normalized spacial score (nSPS) is 42.8. The van der Waals surface area contributed by atoms with Crippen molar-refractivity contribution in [2.24, 2.45) is 34.5 Å². The average Bonchev–Trinajstić information content (AvgIpc) is 3.22. The number of ketones is 1. The predicted molar refractivity (Wildman–Crippen MR) is 121 cm³/mol. The number of benzene rings is 1. The number of carbonyl (C=O) groups is 2. The Morgan fingerprint density at radius 1 is 1.15 bits per heavy atom. The van der Waals surface area contributed by atoms with Gasteiger partial charge in [-0.25, -0.2) is 0 Å². The van der Waals surface area contributed by atoms with Gasteiger partial charge in [-0.15, -0.1) is 0 Å². The maximum atomic E-state index is 13.6. The van der Waals surface area contributed by atoms with Crippen molar-refractivity contribution < 1.29 is 29.6 Å². The quantitative estimate of drug-likeness (QED) is 0.370. The Hall–Kier alpha value is -2.28. The minimum atomic E-state index is -1.79. The molecular weight excluding hydrogens is 420 g/mol. The molecule has 3 N–H and O–H groups in total. The molecule has 4 aliphatic rings. The molecule has 0 spiro atoms. The molecule has 7 unspecified atom stereocenters. The first kappa shape index (κ1) is 22.5. The summed E-state index contributed by atoms with van der Waals surface area (Å²) in [6, 6.07) is 8.97. The molecule has 0 heterocycles. The van der Waals surface area contributed by atoms with E-state index in [2.05, 4.69) is 0 Å². The highest BCUT2D eigenvalue weighted by molar-refractivity contribution is 6.05. The minimum absolute atomic E-state index is 0.0268. The number of esters is 1. The second-order valence-electron chi connectivity index (χ2n) is 11.1. The molecule has 1 aromatic carbocycles. The first-order valence-corrected chi connectivity index (χ1v) is 11.7. The van der Waals surface area contributed by atoms with Crippen molar-refractivity contribution in [2.75, 3.05) is 6.61 Å². The van der Waals surface area contributed by atoms with Gasteiger partial charge in [0.2, 0.25) is 0 Å². The lowest BCUT2D eigenvalue weighted by Gasteiger charge is -2.50. The zero-order chi connectivity index (χ0) is 24.0. The van der Waals surface area contributed by atoms with Crippen molar-refractivity contribution in [1.29, 1.82) is 0 Å². The topological polar surface area (TPSA) is 104 Å². The van der Waals surface area contributed by atoms with E-state index in [1.165, 1.54) is 0 Å². The van der Waals surface area contributed by atoms with Crippen molar-refractivity contribution in [2.45, 2.75) is 51.7 Å². The van der Waals surface area contributed by atoms with Gasteiger partial charge >= 0.3 is 5.97 Å². The molecule has 0 radical (unpaired) electrons. The van der Waals surface area contributed by atoms with Gasteiger partial charge in [0, 0.05) is 18.3 Å². The smallest absolute Gasteiger partial charge is 0.318 e. The van der Waals surface area contributed by atoms with Crippen LogP contribution in [0.15, 0.2) is 53.6 Å². The number of fused-ring (bicyclic) bond motifs is 5. The summed E-state index contributed by atoms with van der Waals surface area (Å²) < 4.78 is 5.81. The standard InChI is InChI=1S/C27H32O6/c1-15-10-20-26(31,22(15)29)13-17(14-28)11-19-21-24(3,4)25(21,12-16(2)27(19,20)32)23(30)33-18-8-6-5-7-9-18/h5-11,16,19-21,28,31-32H,12-14H2,1-4H3. The van der Waals surface area contributed by atoms with Gasteiger partial charge in [-0.2, -0.15) is 0 Å². The molecule has 0 aromatic heterocycles. The van der Waals surface area contributed by atoms with Crippen LogP contribution in [0.5, 0.6) is 5.75 Å². The highest BCUT2D eigenvalue weighted by Crippen LogP contribution is 2.80. The average molecular weight is 453 g/mol. The molecule has 33 heavy (non-hydrogen) atoms. The van der Waals surface area contributed by atoms with Crippen LogP contribution < -0.4 is 4.74 Å². The molecule has 2 saturated carbocycles. The second kappa shape index (κ2) is 6.87. The van der Waals surface area contributed by atoms with Crippen LogP contribution in [-0.2, 0) is 9.59 Å². The van der Waals surface area contributed by atoms with Crippen LogP contribution in [0, 0.1) is 34.5 Å². The largest absolute Gasteiger partial charge is 0.426 e. The number of Topliss-reactive ketones (excluding diaryl/α,β-unsaturated/α-hetero) is 1. The van der Waals surface area contributed by atoms with Crippen LogP contribution in [-0.4, -0.2) is 44.9 Å². The lowest BCUT2D eigenvalue weighted by atomic mass is 9.58. The molecule has 5 rings (SSSR count). The number of hydrogen-bond acceptors (Lipinski definition) is 6. The lowest BCUT2D eigenvalue weighted by molar-refractivity contribution is -0.177. The van der Waals surface area contributed by atoms with E-state index in [4.69, 9.17) is 4.74 Å². The van der Waals surface area contributed by atoms with Gasteiger partial charge in [0.15, 0.2) is 5.78 Å². The van der Waals surface area contributed by atoms with Gasteiger partial charge in [0.25, 0.3) is 0 Å². The molecule has 0 saturated heterocycles. The fourth-order valence-corrected chi connectivity index (χ4v) is 7.61. The predicted octanol–water partition coefficient (Wildman–Crippen LogP) is 2.82. The third-order valence-electron chi connectivity index (χ3n) is 9.30. The Kier molecular flexibility index (Phi) is 4.69. The van der Waals surface area contributed by atoms with E-state index in [0.717, 1.165) is 0 Å². The number of para-hydroxylation sites is 1. The summed E-state index contributed by atoms with van der Waals surface area (Å²) in [5.74, 6) is -2.21. The number of aliphatic hydroxyl groups is 3. The summed E-state index contributed by atoms with van der Waals surface area (Å²) in [4.78, 5) is 26.6. The van der Waals surface area contributed by atoms with Crippen LogP contribution in [0.25, 0.3) is 0 Å². The summed E-state index contributed by atoms with van der Waals surface area (Å²) in [7, 11) is 0. The maximum Gasteiger partial charge on any atom is 0.318 e. The van der Waals surface area contributed by atoms with Crippen molar-refractivity contribution in [3.05, 3.63) is 53.6 Å². The Morgan fingerprint density at radius 3 is 2.45 bits per heavy atom. The summed E-state index contributed by atoms with van der Waals surface area (Å²) >= 11 is 0. The van der Waals surface area contributed by atoms with Crippen LogP contribution >= 0.6 is 0 Å². The van der Waals surface area contributed by atoms with Crippen LogP contribution in [0.2, 0.25) is 0 Å². The molecule has 2 fully saturated rings. The monoisotopic (exact) mass is 452 g/mol. The summed E-state index contributed by atoms with van der Waals surface area (Å²) in [6.07, 6.45) is 3.89. The van der Waals surface area contributed by atoms with Gasteiger partial charge in [-0.05, 0) is 53.9 Å². The molecule has 176 valence electrons. The van der Waals surface area contributed by atoms with E-state index in [9.17, 15) is 24.9 Å². The van der Waals surface area contributed by atoms with E-state index in [1.54, 1.807) is 25.1 Å². The molecule has 1 aromatic rings. The molecule has 7 atom stereocenters. The molecule has 0 bridgehead atoms. The van der Waals surface area contributed by atoms with Crippen molar-refractivity contribution in [1.82, 2.24) is 0 Å². The number of ether oxygens (including phenoxy) is 1. The lowest BCUT2D eigenvalue weighted by Crippen LogP contribution is -2.60. The molecule has 6 heteroatoms. The molecule has 4 aliphatic carbocycles. The molecule has 0 amide bonds. The molecule has 0 aliphatic heterocycles. The summed E-state index contributed by atoms with van der Waals surface area (Å²) in [5.41, 5.74) is -3.56. The van der Waals surface area contributed by atoms with Gasteiger partial charge in [0.1, 0.15) is 11.4 Å². The van der Waals surface area contributed by atoms with Crippen LogP contribution in [0.3, 0.4) is 0 Å². The molecule has 6 nitrogen and oxygen atoms in total. The third-order valence-corrected chi connectivity index (χ3v) is 9.30. The van der Waals surface area contributed by atoms with Gasteiger partial charge in [-0.3, -0.25) is 9.59 Å². The van der Waals surface area contributed by atoms with Gasteiger partial charge < -0.3 is 20.1 Å². The van der Waals surface area contributed by atoms with Crippen LogP contribution in [0.4, 0.5) is 0 Å². The number of hydrogen-bond donors (Lipinski definition) is 3. The maximum absolute atomic E-state index is 13.6. The van der Waals surface area contributed by atoms with Gasteiger partial charge in [0.05, 0.1) is 17.6 Å². The highest BCUT2D eigenvalue weighted by atomic mass is 16.5. The number of aliphatic hydroxyl groups excluding tert-OH is 1. The zero-order valence-corrected chi connectivity index (χ0v) is 19.5. The Bertz CT molecular complexity index is 1090. The third kappa shape index (κ3) is 2.66. The minimum Gasteiger partial charge on any atom is -0.426 e. The second-order valence-corrected chi connectivity index (χ2v) is 11.1. The zero-order valence-electron chi connectivity index (χ0n) is 19.5. The first-order valence-electron chi connectivity index (χ1n) is 11.7. The fourth-order valence-electron chi connectivity index (χ4n) is 7.61. The van der Waals surface area contributed by atoms with E-state index in [1.807, 2.05) is 45.0 Å². The van der Waals surface area contributed by atoms with Crippen molar-refractivity contribution >= 4 is 11.8 Å². The highest BCUT2D eigenvalue weighted by Gasteiger charge is 2.84. The molecular formula is C27H32O6.